The minimum Gasteiger partial charge on any atom is -0.381 e. The van der Waals surface area contributed by atoms with Crippen molar-refractivity contribution in [3.05, 3.63) is 29.8 Å². The highest BCUT2D eigenvalue weighted by molar-refractivity contribution is 8.00. The van der Waals surface area contributed by atoms with Gasteiger partial charge < -0.3 is 10.1 Å². The van der Waals surface area contributed by atoms with Crippen LogP contribution in [0, 0.1) is 0 Å². The number of thioether (sulfide) groups is 1. The van der Waals surface area contributed by atoms with E-state index in [1.54, 1.807) is 0 Å². The van der Waals surface area contributed by atoms with Crippen molar-refractivity contribution in [2.45, 2.75) is 54.9 Å². The zero-order valence-corrected chi connectivity index (χ0v) is 13.0. The van der Waals surface area contributed by atoms with Gasteiger partial charge in [-0.2, -0.15) is 0 Å². The van der Waals surface area contributed by atoms with Crippen LogP contribution in [0.3, 0.4) is 0 Å². The molecule has 2 rings (SSSR count). The number of ether oxygens (including phenoxy) is 1. The van der Waals surface area contributed by atoms with Crippen molar-refractivity contribution < 1.29 is 4.74 Å². The summed E-state index contributed by atoms with van der Waals surface area (Å²) in [5.41, 5.74) is 1.37. The number of hydrogen-bond acceptors (Lipinski definition) is 3. The summed E-state index contributed by atoms with van der Waals surface area (Å²) >= 11 is 2.02. The van der Waals surface area contributed by atoms with Crippen molar-refractivity contribution in [2.24, 2.45) is 0 Å². The summed E-state index contributed by atoms with van der Waals surface area (Å²) in [5, 5.41) is 4.01. The highest BCUT2D eigenvalue weighted by Crippen LogP contribution is 2.35. The quantitative estimate of drug-likeness (QED) is 0.879. The molecule has 0 saturated heterocycles. The molecule has 106 valence electrons. The molecule has 3 heteroatoms. The van der Waals surface area contributed by atoms with E-state index < -0.39 is 0 Å². The van der Waals surface area contributed by atoms with Gasteiger partial charge in [0.25, 0.3) is 0 Å². The predicted molar refractivity (Wildman–Crippen MR) is 82.8 cm³/mol. The summed E-state index contributed by atoms with van der Waals surface area (Å²) in [7, 11) is 3.85. The van der Waals surface area contributed by atoms with Crippen LogP contribution in [-0.2, 0) is 4.74 Å². The molecular weight excluding hydrogens is 254 g/mol. The minimum absolute atomic E-state index is 0.415. The molecule has 0 aliphatic heterocycles. The number of rotatable bonds is 5. The van der Waals surface area contributed by atoms with E-state index >= 15 is 0 Å². The fourth-order valence-electron chi connectivity index (χ4n) is 2.64. The van der Waals surface area contributed by atoms with E-state index in [4.69, 9.17) is 4.74 Å². The lowest BCUT2D eigenvalue weighted by atomic mass is 9.97. The third kappa shape index (κ3) is 4.23. The van der Waals surface area contributed by atoms with Crippen LogP contribution in [0.25, 0.3) is 0 Å². The molecule has 1 aliphatic carbocycles. The first-order valence-electron chi connectivity index (χ1n) is 7.19. The Bertz CT molecular complexity index is 396. The monoisotopic (exact) mass is 279 g/mol. The number of hydrogen-bond donors (Lipinski definition) is 1. The second-order valence-electron chi connectivity index (χ2n) is 5.35. The standard InChI is InChI=1S/C16H25NOS/c1-12(17-2)13-6-4-8-15(10-13)19-16-9-5-7-14(11-16)18-3/h4,6,8,10,12,14,16-17H,5,7,9,11H2,1-3H3. The Morgan fingerprint density at radius 3 is 2.95 bits per heavy atom. The van der Waals surface area contributed by atoms with Crippen LogP contribution in [0.1, 0.15) is 44.2 Å². The molecule has 3 atom stereocenters. The molecule has 1 fully saturated rings. The molecule has 1 aromatic rings. The van der Waals surface area contributed by atoms with Gasteiger partial charge in [0.1, 0.15) is 0 Å². The maximum Gasteiger partial charge on any atom is 0.0582 e. The van der Waals surface area contributed by atoms with Gasteiger partial charge in [-0.3, -0.25) is 0 Å². The largest absolute Gasteiger partial charge is 0.381 e. The smallest absolute Gasteiger partial charge is 0.0582 e. The van der Waals surface area contributed by atoms with Gasteiger partial charge in [-0.1, -0.05) is 12.1 Å². The molecule has 1 aromatic carbocycles. The van der Waals surface area contributed by atoms with Crippen LogP contribution < -0.4 is 5.32 Å². The Morgan fingerprint density at radius 2 is 2.21 bits per heavy atom. The summed E-state index contributed by atoms with van der Waals surface area (Å²) in [6.45, 7) is 2.20. The van der Waals surface area contributed by atoms with Crippen LogP contribution in [0.15, 0.2) is 29.2 Å². The Balaban J connectivity index is 1.98. The van der Waals surface area contributed by atoms with Gasteiger partial charge in [-0.15, -0.1) is 11.8 Å². The minimum atomic E-state index is 0.415. The van der Waals surface area contributed by atoms with E-state index in [1.807, 2.05) is 25.9 Å². The van der Waals surface area contributed by atoms with E-state index in [9.17, 15) is 0 Å². The number of methoxy groups -OCH3 is 1. The Hall–Kier alpha value is -0.510. The molecule has 0 bridgehead atoms. The van der Waals surface area contributed by atoms with Crippen LogP contribution in [0.5, 0.6) is 0 Å². The molecule has 1 saturated carbocycles. The second kappa shape index (κ2) is 7.32. The first kappa shape index (κ1) is 14.9. The van der Waals surface area contributed by atoms with Crippen LogP contribution in [0.4, 0.5) is 0 Å². The van der Waals surface area contributed by atoms with Crippen molar-refractivity contribution in [1.29, 1.82) is 0 Å². The van der Waals surface area contributed by atoms with Crippen LogP contribution in [-0.4, -0.2) is 25.5 Å². The maximum atomic E-state index is 5.52. The van der Waals surface area contributed by atoms with Crippen LogP contribution >= 0.6 is 11.8 Å². The average Bonchev–Trinajstić information content (AvgIpc) is 2.47. The van der Waals surface area contributed by atoms with E-state index in [1.165, 1.54) is 36.1 Å². The second-order valence-corrected chi connectivity index (χ2v) is 6.72. The number of nitrogens with one attached hydrogen (secondary N) is 1. The lowest BCUT2D eigenvalue weighted by molar-refractivity contribution is 0.0730. The molecule has 1 aliphatic rings. The predicted octanol–water partition coefficient (Wildman–Crippen LogP) is 4.02. The SMILES string of the molecule is CNC(C)c1cccc(SC2CCCC(OC)C2)c1. The van der Waals surface area contributed by atoms with Crippen molar-refractivity contribution in [1.82, 2.24) is 5.32 Å². The summed E-state index contributed by atoms with van der Waals surface area (Å²) in [4.78, 5) is 1.39. The Labute approximate surface area is 121 Å². The highest BCUT2D eigenvalue weighted by Gasteiger charge is 2.22. The third-order valence-corrected chi connectivity index (χ3v) is 5.29. The average molecular weight is 279 g/mol. The maximum absolute atomic E-state index is 5.52. The summed E-state index contributed by atoms with van der Waals surface area (Å²) < 4.78 is 5.52. The van der Waals surface area contributed by atoms with E-state index in [2.05, 4.69) is 36.5 Å². The van der Waals surface area contributed by atoms with E-state index in [-0.39, 0.29) is 0 Å². The lowest BCUT2D eigenvalue weighted by Crippen LogP contribution is -2.23. The molecule has 0 amide bonds. The van der Waals surface area contributed by atoms with Gasteiger partial charge in [-0.25, -0.2) is 0 Å². The number of benzene rings is 1. The molecule has 2 nitrogen and oxygen atoms in total. The van der Waals surface area contributed by atoms with Crippen LogP contribution in [0.2, 0.25) is 0 Å². The van der Waals surface area contributed by atoms with Gasteiger partial charge in [0, 0.05) is 23.3 Å². The van der Waals surface area contributed by atoms with Crippen molar-refractivity contribution in [3.63, 3.8) is 0 Å². The molecule has 0 aromatic heterocycles. The van der Waals surface area contributed by atoms with Gasteiger partial charge in [0.15, 0.2) is 0 Å². The summed E-state index contributed by atoms with van der Waals surface area (Å²) in [5.74, 6) is 0. The Kier molecular flexibility index (Phi) is 5.74. The molecule has 0 spiro atoms. The lowest BCUT2D eigenvalue weighted by Gasteiger charge is -2.27. The topological polar surface area (TPSA) is 21.3 Å². The normalized spacial score (nSPS) is 25.2. The molecule has 0 radical (unpaired) electrons. The molecule has 19 heavy (non-hydrogen) atoms. The van der Waals surface area contributed by atoms with Crippen molar-refractivity contribution in [2.75, 3.05) is 14.2 Å². The van der Waals surface area contributed by atoms with Gasteiger partial charge >= 0.3 is 0 Å². The van der Waals surface area contributed by atoms with E-state index in [0.29, 0.717) is 17.4 Å². The van der Waals surface area contributed by atoms with Crippen molar-refractivity contribution in [3.8, 4) is 0 Å². The van der Waals surface area contributed by atoms with E-state index in [0.717, 1.165) is 0 Å². The van der Waals surface area contributed by atoms with Gasteiger partial charge in [0.2, 0.25) is 0 Å². The fraction of sp³-hybridized carbons (Fsp3) is 0.625. The molecule has 3 unspecified atom stereocenters. The third-order valence-electron chi connectivity index (χ3n) is 4.01. The molecule has 0 heterocycles. The molecular formula is C16H25NOS. The first-order valence-corrected chi connectivity index (χ1v) is 8.07. The summed E-state index contributed by atoms with van der Waals surface area (Å²) in [6.07, 6.45) is 5.49. The molecule has 1 N–H and O–H groups in total. The zero-order chi connectivity index (χ0) is 13.7. The van der Waals surface area contributed by atoms with Gasteiger partial charge in [-0.05, 0) is 57.4 Å². The Morgan fingerprint density at radius 1 is 1.37 bits per heavy atom. The summed E-state index contributed by atoms with van der Waals surface area (Å²) in [6, 6.07) is 9.33. The van der Waals surface area contributed by atoms with Crippen molar-refractivity contribution >= 4 is 11.8 Å². The fourth-order valence-corrected chi connectivity index (χ4v) is 3.98. The van der Waals surface area contributed by atoms with Gasteiger partial charge in [0.05, 0.1) is 6.10 Å². The highest BCUT2D eigenvalue weighted by atomic mass is 32.2. The first-order chi connectivity index (χ1) is 9.22. The zero-order valence-electron chi connectivity index (χ0n) is 12.2.